The molecular formula is C15H19F3N2O3S. The Morgan fingerprint density at radius 3 is 2.62 bits per heavy atom. The molecule has 134 valence electrons. The fraction of sp³-hybridized carbons (Fsp3) is 0.533. The highest BCUT2D eigenvalue weighted by Crippen LogP contribution is 2.29. The molecule has 1 N–H and O–H groups in total. The van der Waals surface area contributed by atoms with E-state index in [1.165, 1.54) is 6.92 Å². The molecule has 9 heteroatoms. The molecule has 1 aliphatic heterocycles. The van der Waals surface area contributed by atoms with Crippen molar-refractivity contribution in [2.24, 2.45) is 0 Å². The molecule has 2 rings (SSSR count). The summed E-state index contributed by atoms with van der Waals surface area (Å²) in [4.78, 5) is 10.1. The van der Waals surface area contributed by atoms with E-state index in [4.69, 9.17) is 0 Å². The Balaban J connectivity index is 2.28. The van der Waals surface area contributed by atoms with Crippen molar-refractivity contribution >= 4 is 15.9 Å². The van der Waals surface area contributed by atoms with Gasteiger partial charge in [-0.15, -0.1) is 0 Å². The number of sulfonamides is 1. The molecule has 1 atom stereocenters. The predicted octanol–water partition coefficient (Wildman–Crippen LogP) is 2.17. The predicted molar refractivity (Wildman–Crippen MR) is 81.1 cm³/mol. The first-order valence-corrected chi connectivity index (χ1v) is 9.09. The second-order valence-electron chi connectivity index (χ2n) is 5.71. The van der Waals surface area contributed by atoms with Crippen molar-refractivity contribution in [2.45, 2.75) is 43.5 Å². The molecule has 1 aromatic carbocycles. The molecular weight excluding hydrogens is 345 g/mol. The van der Waals surface area contributed by atoms with Crippen molar-refractivity contribution in [1.29, 1.82) is 0 Å². The van der Waals surface area contributed by atoms with Crippen molar-refractivity contribution in [2.75, 3.05) is 13.1 Å². The lowest BCUT2D eigenvalue weighted by atomic mass is 10.0. The summed E-state index contributed by atoms with van der Waals surface area (Å²) in [5.74, 6) is -5.18. The molecule has 0 aromatic heterocycles. The van der Waals surface area contributed by atoms with Crippen LogP contribution in [0.3, 0.4) is 0 Å². The first kappa shape index (κ1) is 18.7. The maximum atomic E-state index is 13.9. The van der Waals surface area contributed by atoms with Crippen molar-refractivity contribution < 1.29 is 26.4 Å². The summed E-state index contributed by atoms with van der Waals surface area (Å²) >= 11 is 0. The summed E-state index contributed by atoms with van der Waals surface area (Å²) in [5, 5.41) is 2.59. The van der Waals surface area contributed by atoms with Crippen LogP contribution in [0.25, 0.3) is 0 Å². The average Bonchev–Trinajstić information content (AvgIpc) is 2.52. The lowest BCUT2D eigenvalue weighted by molar-refractivity contribution is -0.119. The molecule has 0 bridgehead atoms. The Hall–Kier alpha value is -1.61. The molecule has 1 aromatic rings. The largest absolute Gasteiger partial charge is 0.356 e. The van der Waals surface area contributed by atoms with Gasteiger partial charge in [0, 0.05) is 26.1 Å². The van der Waals surface area contributed by atoms with Crippen LogP contribution < -0.4 is 5.32 Å². The number of nitrogens with one attached hydrogen (secondary N) is 1. The minimum atomic E-state index is -4.29. The SMILES string of the molecule is CC(=O)NCCC1CCCCN1S(=O)(=O)c1ccc(F)c(F)c1F. The first-order valence-electron chi connectivity index (χ1n) is 7.65. The second-order valence-corrected chi connectivity index (χ2v) is 7.57. The number of halogens is 3. The maximum absolute atomic E-state index is 13.9. The van der Waals surface area contributed by atoms with Gasteiger partial charge in [0.2, 0.25) is 15.9 Å². The van der Waals surface area contributed by atoms with Gasteiger partial charge in [0.1, 0.15) is 4.90 Å². The Morgan fingerprint density at radius 1 is 1.25 bits per heavy atom. The van der Waals surface area contributed by atoms with Crippen molar-refractivity contribution in [1.82, 2.24) is 9.62 Å². The van der Waals surface area contributed by atoms with Crippen LogP contribution in [0.15, 0.2) is 17.0 Å². The topological polar surface area (TPSA) is 66.5 Å². The number of carbonyl (C=O) groups excluding carboxylic acids is 1. The van der Waals surface area contributed by atoms with Gasteiger partial charge >= 0.3 is 0 Å². The van der Waals surface area contributed by atoms with Crippen LogP contribution in [0.2, 0.25) is 0 Å². The third kappa shape index (κ3) is 3.89. The van der Waals surface area contributed by atoms with Gasteiger partial charge in [0.15, 0.2) is 17.5 Å². The Labute approximate surface area is 138 Å². The smallest absolute Gasteiger partial charge is 0.246 e. The maximum Gasteiger partial charge on any atom is 0.246 e. The molecule has 1 saturated heterocycles. The third-order valence-electron chi connectivity index (χ3n) is 4.01. The number of benzene rings is 1. The molecule has 0 aliphatic carbocycles. The molecule has 0 spiro atoms. The standard InChI is InChI=1S/C15H19F3N2O3S/c1-10(21)19-8-7-11-4-2-3-9-20(11)24(22,23)13-6-5-12(16)14(17)15(13)18/h5-6,11H,2-4,7-9H2,1H3,(H,19,21). The lowest BCUT2D eigenvalue weighted by Crippen LogP contribution is -2.45. The summed E-state index contributed by atoms with van der Waals surface area (Å²) in [5.41, 5.74) is 0. The normalized spacial score (nSPS) is 19.2. The third-order valence-corrected chi connectivity index (χ3v) is 5.98. The van der Waals surface area contributed by atoms with E-state index in [1.807, 2.05) is 0 Å². The minimum absolute atomic E-state index is 0.172. The van der Waals surface area contributed by atoms with E-state index < -0.39 is 38.4 Å². The Bertz CT molecular complexity index is 725. The highest BCUT2D eigenvalue weighted by atomic mass is 32.2. The molecule has 5 nitrogen and oxygen atoms in total. The summed E-state index contributed by atoms with van der Waals surface area (Å²) < 4.78 is 66.9. The number of rotatable bonds is 5. The average molecular weight is 364 g/mol. The van der Waals surface area contributed by atoms with Crippen molar-refractivity contribution in [3.63, 3.8) is 0 Å². The van der Waals surface area contributed by atoms with Crippen LogP contribution >= 0.6 is 0 Å². The van der Waals surface area contributed by atoms with Gasteiger partial charge in [-0.25, -0.2) is 21.6 Å². The van der Waals surface area contributed by atoms with E-state index in [0.29, 0.717) is 25.3 Å². The van der Waals surface area contributed by atoms with Crippen LogP contribution in [0.5, 0.6) is 0 Å². The number of hydrogen-bond donors (Lipinski definition) is 1. The molecule has 1 fully saturated rings. The molecule has 0 radical (unpaired) electrons. The van der Waals surface area contributed by atoms with E-state index in [0.717, 1.165) is 16.8 Å². The van der Waals surface area contributed by atoms with Gasteiger partial charge in [0.05, 0.1) is 0 Å². The lowest BCUT2D eigenvalue weighted by Gasteiger charge is -2.34. The van der Waals surface area contributed by atoms with Crippen LogP contribution in [-0.4, -0.2) is 37.8 Å². The Kier molecular flexibility index (Phi) is 5.87. The quantitative estimate of drug-likeness (QED) is 0.815. The fourth-order valence-electron chi connectivity index (χ4n) is 2.83. The van der Waals surface area contributed by atoms with Gasteiger partial charge in [-0.2, -0.15) is 4.31 Å². The van der Waals surface area contributed by atoms with Crippen molar-refractivity contribution in [3.8, 4) is 0 Å². The van der Waals surface area contributed by atoms with Gasteiger partial charge in [-0.1, -0.05) is 6.42 Å². The summed E-state index contributed by atoms with van der Waals surface area (Å²) in [7, 11) is -4.29. The van der Waals surface area contributed by atoms with E-state index >= 15 is 0 Å². The summed E-state index contributed by atoms with van der Waals surface area (Å²) in [6, 6.07) is 0.910. The highest BCUT2D eigenvalue weighted by Gasteiger charge is 2.36. The van der Waals surface area contributed by atoms with Crippen LogP contribution in [0, 0.1) is 17.5 Å². The van der Waals surface area contributed by atoms with Crippen LogP contribution in [0.1, 0.15) is 32.6 Å². The van der Waals surface area contributed by atoms with Crippen molar-refractivity contribution in [3.05, 3.63) is 29.6 Å². The van der Waals surface area contributed by atoms with E-state index in [2.05, 4.69) is 5.32 Å². The zero-order valence-electron chi connectivity index (χ0n) is 13.2. The summed E-state index contributed by atoms with van der Waals surface area (Å²) in [6.45, 7) is 1.81. The molecule has 0 saturated carbocycles. The number of carbonyl (C=O) groups is 1. The highest BCUT2D eigenvalue weighted by molar-refractivity contribution is 7.89. The van der Waals surface area contributed by atoms with E-state index in [1.54, 1.807) is 0 Å². The number of amides is 1. The second kappa shape index (κ2) is 7.52. The van der Waals surface area contributed by atoms with Gasteiger partial charge < -0.3 is 5.32 Å². The van der Waals surface area contributed by atoms with Gasteiger partial charge in [0.25, 0.3) is 0 Å². The fourth-order valence-corrected chi connectivity index (χ4v) is 4.61. The molecule has 1 heterocycles. The first-order chi connectivity index (χ1) is 11.2. The van der Waals surface area contributed by atoms with Crippen LogP contribution in [0.4, 0.5) is 13.2 Å². The molecule has 1 unspecified atom stereocenters. The number of nitrogens with zero attached hydrogens (tertiary/aromatic N) is 1. The summed E-state index contributed by atoms with van der Waals surface area (Å²) in [6.07, 6.45) is 2.33. The monoisotopic (exact) mass is 364 g/mol. The molecule has 1 aliphatic rings. The van der Waals surface area contributed by atoms with Crippen LogP contribution in [-0.2, 0) is 14.8 Å². The molecule has 1 amide bonds. The Morgan fingerprint density at radius 2 is 1.96 bits per heavy atom. The number of piperidine rings is 1. The van der Waals surface area contributed by atoms with E-state index in [-0.39, 0.29) is 19.0 Å². The van der Waals surface area contributed by atoms with Gasteiger partial charge in [-0.05, 0) is 31.4 Å². The van der Waals surface area contributed by atoms with E-state index in [9.17, 15) is 26.4 Å². The minimum Gasteiger partial charge on any atom is -0.356 e. The zero-order valence-corrected chi connectivity index (χ0v) is 14.0. The number of hydrogen-bond acceptors (Lipinski definition) is 3. The zero-order chi connectivity index (χ0) is 17.9. The van der Waals surface area contributed by atoms with Gasteiger partial charge in [-0.3, -0.25) is 4.79 Å². The molecule has 24 heavy (non-hydrogen) atoms.